The molecule has 2 aliphatic rings. The first kappa shape index (κ1) is 24.7. The van der Waals surface area contributed by atoms with Gasteiger partial charge in [0.15, 0.2) is 0 Å². The summed E-state index contributed by atoms with van der Waals surface area (Å²) in [5.74, 6) is 5.34. The molecule has 1 atom stereocenters. The molecule has 0 bridgehead atoms. The molecule has 2 aromatic carbocycles. The van der Waals surface area contributed by atoms with Crippen LogP contribution in [0, 0.1) is 5.82 Å². The fourth-order valence-corrected chi connectivity index (χ4v) is 4.31. The lowest BCUT2D eigenvalue weighted by atomic mass is 9.95. The summed E-state index contributed by atoms with van der Waals surface area (Å²) in [6.07, 6.45) is 6.45. The van der Waals surface area contributed by atoms with Crippen molar-refractivity contribution in [3.05, 3.63) is 95.5 Å². The predicted molar refractivity (Wildman–Crippen MR) is 137 cm³/mol. The maximum absolute atomic E-state index is 14.0. The molecular formula is C27H32FN5O2. The Bertz CT molecular complexity index is 1130. The average Bonchev–Trinajstić information content (AvgIpc) is 3.12. The van der Waals surface area contributed by atoms with Gasteiger partial charge in [-0.3, -0.25) is 15.5 Å². The monoisotopic (exact) mass is 477 g/mol. The van der Waals surface area contributed by atoms with Crippen molar-refractivity contribution in [2.24, 2.45) is 5.84 Å². The number of hydrogen-bond donors (Lipinski definition) is 4. The van der Waals surface area contributed by atoms with Crippen molar-refractivity contribution in [3.63, 3.8) is 0 Å². The zero-order chi connectivity index (χ0) is 24.6. The molecule has 1 fully saturated rings. The highest BCUT2D eigenvalue weighted by atomic mass is 19.1. The Morgan fingerprint density at radius 2 is 2.14 bits per heavy atom. The number of nitrogens with two attached hydrogens (primary N) is 1. The van der Waals surface area contributed by atoms with Gasteiger partial charge in [-0.25, -0.2) is 4.39 Å². The van der Waals surface area contributed by atoms with E-state index in [-0.39, 0.29) is 17.8 Å². The lowest BCUT2D eigenvalue weighted by Crippen LogP contribution is -2.45. The Hall–Kier alpha value is -3.46. The van der Waals surface area contributed by atoms with Gasteiger partial charge in [-0.15, -0.1) is 0 Å². The number of carbonyl (C=O) groups excluding carboxylic acids is 1. The molecule has 0 saturated carbocycles. The second-order valence-corrected chi connectivity index (χ2v) is 8.67. The normalized spacial score (nSPS) is 18.2. The number of hydrogen-bond acceptors (Lipinski definition) is 6. The Balaban J connectivity index is 1.42. The predicted octanol–water partition coefficient (Wildman–Crippen LogP) is 2.84. The SMILES string of the molecule is C=C(C1=CCNC=C1)c1cc(C(=O)NC2COCCN(CCc3ccccc3F)C2)ccc1NN. The van der Waals surface area contributed by atoms with Gasteiger partial charge in [-0.05, 0) is 59.7 Å². The first-order chi connectivity index (χ1) is 17.0. The first-order valence-corrected chi connectivity index (χ1v) is 11.8. The van der Waals surface area contributed by atoms with Crippen LogP contribution in [0.3, 0.4) is 0 Å². The summed E-state index contributed by atoms with van der Waals surface area (Å²) < 4.78 is 19.7. The molecule has 184 valence electrons. The van der Waals surface area contributed by atoms with Crippen molar-refractivity contribution < 1.29 is 13.9 Å². The van der Waals surface area contributed by atoms with E-state index in [0.29, 0.717) is 56.1 Å². The summed E-state index contributed by atoms with van der Waals surface area (Å²) in [5, 5.41) is 6.22. The molecule has 1 unspecified atom stereocenters. The Morgan fingerprint density at radius 1 is 1.29 bits per heavy atom. The Kier molecular flexibility index (Phi) is 8.31. The van der Waals surface area contributed by atoms with Gasteiger partial charge in [0.1, 0.15) is 5.82 Å². The summed E-state index contributed by atoms with van der Waals surface area (Å²) in [5.41, 5.74) is 7.11. The van der Waals surface area contributed by atoms with E-state index in [0.717, 1.165) is 23.3 Å². The fourth-order valence-electron chi connectivity index (χ4n) is 4.31. The molecule has 4 rings (SSSR count). The number of nitrogen functional groups attached to an aromatic ring is 1. The maximum Gasteiger partial charge on any atom is 0.251 e. The van der Waals surface area contributed by atoms with Gasteiger partial charge in [0, 0.05) is 37.3 Å². The minimum Gasteiger partial charge on any atom is -0.387 e. The van der Waals surface area contributed by atoms with E-state index in [4.69, 9.17) is 10.6 Å². The smallest absolute Gasteiger partial charge is 0.251 e. The van der Waals surface area contributed by atoms with Gasteiger partial charge >= 0.3 is 0 Å². The Labute approximate surface area is 205 Å². The van der Waals surface area contributed by atoms with Crippen LogP contribution in [0.2, 0.25) is 0 Å². The number of rotatable bonds is 8. The highest BCUT2D eigenvalue weighted by Crippen LogP contribution is 2.30. The molecule has 2 aliphatic heterocycles. The molecule has 8 heteroatoms. The average molecular weight is 478 g/mol. The lowest BCUT2D eigenvalue weighted by Gasteiger charge is -2.24. The van der Waals surface area contributed by atoms with Crippen LogP contribution in [0.25, 0.3) is 5.57 Å². The lowest BCUT2D eigenvalue weighted by molar-refractivity contribution is 0.0883. The second kappa shape index (κ2) is 11.8. The van der Waals surface area contributed by atoms with Gasteiger partial charge in [0.2, 0.25) is 0 Å². The molecule has 0 aromatic heterocycles. The van der Waals surface area contributed by atoms with E-state index < -0.39 is 0 Å². The van der Waals surface area contributed by atoms with E-state index in [1.165, 1.54) is 6.07 Å². The Morgan fingerprint density at radius 3 is 2.91 bits per heavy atom. The molecule has 35 heavy (non-hydrogen) atoms. The van der Waals surface area contributed by atoms with Crippen LogP contribution in [0.15, 0.2) is 73.0 Å². The fraction of sp³-hybridized carbons (Fsp3) is 0.296. The minimum absolute atomic E-state index is 0.181. The summed E-state index contributed by atoms with van der Waals surface area (Å²) >= 11 is 0. The van der Waals surface area contributed by atoms with Crippen LogP contribution in [-0.4, -0.2) is 56.2 Å². The van der Waals surface area contributed by atoms with Crippen LogP contribution >= 0.6 is 0 Å². The number of ether oxygens (including phenoxy) is 1. The second-order valence-electron chi connectivity index (χ2n) is 8.67. The van der Waals surface area contributed by atoms with Gasteiger partial charge in [-0.2, -0.15) is 0 Å². The van der Waals surface area contributed by atoms with Crippen molar-refractivity contribution in [1.29, 1.82) is 0 Å². The highest BCUT2D eigenvalue weighted by molar-refractivity contribution is 5.97. The van der Waals surface area contributed by atoms with Gasteiger partial charge < -0.3 is 20.8 Å². The zero-order valence-corrected chi connectivity index (χ0v) is 19.7. The molecule has 5 N–H and O–H groups in total. The third-order valence-electron chi connectivity index (χ3n) is 6.27. The van der Waals surface area contributed by atoms with Crippen LogP contribution in [-0.2, 0) is 11.2 Å². The van der Waals surface area contributed by atoms with E-state index >= 15 is 0 Å². The largest absolute Gasteiger partial charge is 0.387 e. The molecular weight excluding hydrogens is 445 g/mol. The van der Waals surface area contributed by atoms with Crippen molar-refractivity contribution in [1.82, 2.24) is 15.5 Å². The number of halogens is 1. The first-order valence-electron chi connectivity index (χ1n) is 11.8. The molecule has 0 radical (unpaired) electrons. The standard InChI is InChI=1S/C27H32FN5O2/c1-19(20-8-11-30-12-9-20)24-16-22(6-7-26(24)32-29)27(34)31-23-17-33(14-15-35-18-23)13-10-21-4-2-3-5-25(21)28/h2-9,11,16,23,30,32H,1,10,12-15,17-18,29H2,(H,31,34). The number of nitrogens with one attached hydrogen (secondary N) is 3. The molecule has 2 aromatic rings. The van der Waals surface area contributed by atoms with Gasteiger partial charge in [0.05, 0.1) is 24.9 Å². The van der Waals surface area contributed by atoms with Crippen LogP contribution < -0.4 is 21.9 Å². The number of dihydropyridines is 1. The summed E-state index contributed by atoms with van der Waals surface area (Å²) in [6, 6.07) is 12.0. The molecule has 7 nitrogen and oxygen atoms in total. The quantitative estimate of drug-likeness (QED) is 0.345. The van der Waals surface area contributed by atoms with E-state index in [1.54, 1.807) is 24.3 Å². The molecule has 2 heterocycles. The zero-order valence-electron chi connectivity index (χ0n) is 19.7. The minimum atomic E-state index is -0.193. The van der Waals surface area contributed by atoms with Crippen LogP contribution in [0.1, 0.15) is 21.5 Å². The number of amides is 1. The van der Waals surface area contributed by atoms with E-state index in [2.05, 4.69) is 27.5 Å². The number of allylic oxidation sites excluding steroid dienone is 3. The van der Waals surface area contributed by atoms with Crippen molar-refractivity contribution in [3.8, 4) is 0 Å². The third kappa shape index (κ3) is 6.36. The number of nitrogens with zero attached hydrogens (tertiary/aromatic N) is 1. The van der Waals surface area contributed by atoms with Crippen LogP contribution in [0.5, 0.6) is 0 Å². The summed E-state index contributed by atoms with van der Waals surface area (Å²) in [6.45, 7) is 7.99. The maximum atomic E-state index is 14.0. The highest BCUT2D eigenvalue weighted by Gasteiger charge is 2.22. The van der Waals surface area contributed by atoms with Crippen molar-refractivity contribution in [2.45, 2.75) is 12.5 Å². The van der Waals surface area contributed by atoms with Gasteiger partial charge in [-0.1, -0.05) is 30.9 Å². The molecule has 0 spiro atoms. The van der Waals surface area contributed by atoms with Crippen molar-refractivity contribution >= 4 is 17.2 Å². The third-order valence-corrected chi connectivity index (χ3v) is 6.27. The topological polar surface area (TPSA) is 91.6 Å². The molecule has 0 aliphatic carbocycles. The number of benzene rings is 2. The summed E-state index contributed by atoms with van der Waals surface area (Å²) in [7, 11) is 0. The van der Waals surface area contributed by atoms with E-state index in [9.17, 15) is 9.18 Å². The number of carbonyl (C=O) groups is 1. The van der Waals surface area contributed by atoms with E-state index in [1.807, 2.05) is 30.5 Å². The number of hydrazine groups is 1. The number of anilines is 1. The molecule has 1 saturated heterocycles. The molecule has 1 amide bonds. The van der Waals surface area contributed by atoms with Crippen LogP contribution in [0.4, 0.5) is 10.1 Å². The van der Waals surface area contributed by atoms with Gasteiger partial charge in [0.25, 0.3) is 5.91 Å². The van der Waals surface area contributed by atoms with Crippen molar-refractivity contribution in [2.75, 3.05) is 44.8 Å². The summed E-state index contributed by atoms with van der Waals surface area (Å²) in [4.78, 5) is 15.4.